The van der Waals surface area contributed by atoms with E-state index in [1.165, 1.54) is 0 Å². The molecule has 0 aromatic rings. The third kappa shape index (κ3) is 10.2. The molecule has 0 bridgehead atoms. The standard InChI is InChI=1S/C12H27NO2/c1-6-15-9-10(2)13-8-11(14)7-12(3,4)5/h10-11,13-14H,6-9H2,1-5H3. The fraction of sp³-hybridized carbons (Fsp3) is 1.00. The van der Waals surface area contributed by atoms with Crippen molar-refractivity contribution in [1.29, 1.82) is 0 Å². The number of nitrogens with one attached hydrogen (secondary N) is 1. The fourth-order valence-corrected chi connectivity index (χ4v) is 1.47. The molecule has 3 heteroatoms. The van der Waals surface area contributed by atoms with Crippen LogP contribution in [0.5, 0.6) is 0 Å². The van der Waals surface area contributed by atoms with Gasteiger partial charge in [0.2, 0.25) is 0 Å². The summed E-state index contributed by atoms with van der Waals surface area (Å²) in [5.74, 6) is 0. The Kier molecular flexibility index (Phi) is 7.14. The summed E-state index contributed by atoms with van der Waals surface area (Å²) in [5.41, 5.74) is 0.185. The summed E-state index contributed by atoms with van der Waals surface area (Å²) in [7, 11) is 0. The Balaban J connectivity index is 3.57. The number of hydrogen-bond donors (Lipinski definition) is 2. The maximum atomic E-state index is 9.76. The van der Waals surface area contributed by atoms with E-state index in [0.29, 0.717) is 19.2 Å². The van der Waals surface area contributed by atoms with Gasteiger partial charge >= 0.3 is 0 Å². The monoisotopic (exact) mass is 217 g/mol. The lowest BCUT2D eigenvalue weighted by Crippen LogP contribution is -2.37. The molecule has 2 N–H and O–H groups in total. The molecule has 0 rings (SSSR count). The number of ether oxygens (including phenoxy) is 1. The van der Waals surface area contributed by atoms with E-state index < -0.39 is 0 Å². The summed E-state index contributed by atoms with van der Waals surface area (Å²) in [6.45, 7) is 12.6. The van der Waals surface area contributed by atoms with Gasteiger partial charge in [0.25, 0.3) is 0 Å². The minimum absolute atomic E-state index is 0.185. The highest BCUT2D eigenvalue weighted by molar-refractivity contribution is 4.71. The van der Waals surface area contributed by atoms with Crippen LogP contribution < -0.4 is 5.32 Å². The molecule has 0 spiro atoms. The lowest BCUT2D eigenvalue weighted by molar-refractivity contribution is 0.0984. The molecule has 0 aliphatic rings. The van der Waals surface area contributed by atoms with Gasteiger partial charge in [-0.15, -0.1) is 0 Å². The first kappa shape index (κ1) is 14.9. The molecule has 0 aromatic heterocycles. The SMILES string of the molecule is CCOCC(C)NCC(O)CC(C)(C)C. The minimum atomic E-state index is -0.269. The Bertz CT molecular complexity index is 154. The molecule has 0 fully saturated rings. The van der Waals surface area contributed by atoms with Crippen LogP contribution in [0.15, 0.2) is 0 Å². The van der Waals surface area contributed by atoms with Gasteiger partial charge in [-0.2, -0.15) is 0 Å². The fourth-order valence-electron chi connectivity index (χ4n) is 1.47. The van der Waals surface area contributed by atoms with Crippen molar-refractivity contribution in [3.05, 3.63) is 0 Å². The van der Waals surface area contributed by atoms with Crippen LogP contribution in [0.3, 0.4) is 0 Å². The highest BCUT2D eigenvalue weighted by Crippen LogP contribution is 2.20. The molecule has 0 aromatic carbocycles. The number of hydrogen-bond acceptors (Lipinski definition) is 3. The predicted molar refractivity (Wildman–Crippen MR) is 64.0 cm³/mol. The van der Waals surface area contributed by atoms with Gasteiger partial charge < -0.3 is 15.2 Å². The molecule has 0 aliphatic heterocycles. The van der Waals surface area contributed by atoms with Crippen LogP contribution in [-0.4, -0.2) is 37.0 Å². The van der Waals surface area contributed by atoms with Crippen LogP contribution in [0.1, 0.15) is 41.0 Å². The van der Waals surface area contributed by atoms with Crippen LogP contribution in [0.2, 0.25) is 0 Å². The van der Waals surface area contributed by atoms with Crippen LogP contribution in [0, 0.1) is 5.41 Å². The van der Waals surface area contributed by atoms with E-state index in [-0.39, 0.29) is 11.5 Å². The number of aliphatic hydroxyl groups is 1. The molecule has 0 aliphatic carbocycles. The van der Waals surface area contributed by atoms with Gasteiger partial charge in [0.15, 0.2) is 0 Å². The molecule has 0 saturated carbocycles. The molecule has 0 amide bonds. The second kappa shape index (κ2) is 7.20. The van der Waals surface area contributed by atoms with Gasteiger partial charge in [-0.05, 0) is 25.7 Å². The average molecular weight is 217 g/mol. The van der Waals surface area contributed by atoms with E-state index in [0.717, 1.165) is 13.0 Å². The molecule has 0 saturated heterocycles. The van der Waals surface area contributed by atoms with E-state index in [9.17, 15) is 5.11 Å². The maximum absolute atomic E-state index is 9.76. The normalized spacial score (nSPS) is 16.4. The summed E-state index contributed by atoms with van der Waals surface area (Å²) in [5, 5.41) is 13.0. The van der Waals surface area contributed by atoms with E-state index in [1.807, 2.05) is 6.92 Å². The van der Waals surface area contributed by atoms with Gasteiger partial charge in [-0.1, -0.05) is 20.8 Å². The average Bonchev–Trinajstić information content (AvgIpc) is 2.08. The summed E-state index contributed by atoms with van der Waals surface area (Å²) in [6, 6.07) is 0.305. The van der Waals surface area contributed by atoms with Gasteiger partial charge in [0.05, 0.1) is 12.7 Å². The first-order chi connectivity index (χ1) is 6.85. The molecular formula is C12H27NO2. The van der Waals surface area contributed by atoms with Gasteiger partial charge in [0, 0.05) is 19.2 Å². The molecular weight excluding hydrogens is 190 g/mol. The van der Waals surface area contributed by atoms with E-state index in [1.54, 1.807) is 0 Å². The first-order valence-electron chi connectivity index (χ1n) is 5.84. The van der Waals surface area contributed by atoms with Crippen molar-refractivity contribution < 1.29 is 9.84 Å². The van der Waals surface area contributed by atoms with Crippen LogP contribution >= 0.6 is 0 Å². The van der Waals surface area contributed by atoms with Crippen LogP contribution in [-0.2, 0) is 4.74 Å². The highest BCUT2D eigenvalue weighted by Gasteiger charge is 2.16. The molecule has 3 nitrogen and oxygen atoms in total. The van der Waals surface area contributed by atoms with Crippen molar-refractivity contribution >= 4 is 0 Å². The van der Waals surface area contributed by atoms with Crippen molar-refractivity contribution in [2.24, 2.45) is 5.41 Å². The van der Waals surface area contributed by atoms with Crippen LogP contribution in [0.25, 0.3) is 0 Å². The third-order valence-electron chi connectivity index (χ3n) is 2.12. The minimum Gasteiger partial charge on any atom is -0.392 e. The molecule has 2 atom stereocenters. The second-order valence-corrected chi connectivity index (χ2v) is 5.39. The van der Waals surface area contributed by atoms with E-state index >= 15 is 0 Å². The van der Waals surface area contributed by atoms with Crippen LogP contribution in [0.4, 0.5) is 0 Å². The number of aliphatic hydroxyl groups excluding tert-OH is 1. The Morgan fingerprint density at radius 1 is 1.33 bits per heavy atom. The summed E-state index contributed by atoms with van der Waals surface area (Å²) >= 11 is 0. The molecule has 0 heterocycles. The van der Waals surface area contributed by atoms with Crippen molar-refractivity contribution in [2.75, 3.05) is 19.8 Å². The Hall–Kier alpha value is -0.120. The lowest BCUT2D eigenvalue weighted by atomic mass is 9.89. The van der Waals surface area contributed by atoms with Crippen molar-refractivity contribution in [3.8, 4) is 0 Å². The Labute approximate surface area is 94.2 Å². The largest absolute Gasteiger partial charge is 0.392 e. The predicted octanol–water partition coefficient (Wildman–Crippen LogP) is 1.80. The topological polar surface area (TPSA) is 41.5 Å². The summed E-state index contributed by atoms with van der Waals surface area (Å²) < 4.78 is 5.28. The van der Waals surface area contributed by atoms with Gasteiger partial charge in [0.1, 0.15) is 0 Å². The van der Waals surface area contributed by atoms with E-state index in [2.05, 4.69) is 33.0 Å². The lowest BCUT2D eigenvalue weighted by Gasteiger charge is -2.23. The Morgan fingerprint density at radius 2 is 1.93 bits per heavy atom. The third-order valence-corrected chi connectivity index (χ3v) is 2.12. The quantitative estimate of drug-likeness (QED) is 0.683. The smallest absolute Gasteiger partial charge is 0.0669 e. The second-order valence-electron chi connectivity index (χ2n) is 5.39. The molecule has 92 valence electrons. The highest BCUT2D eigenvalue weighted by atomic mass is 16.5. The summed E-state index contributed by atoms with van der Waals surface area (Å²) in [4.78, 5) is 0. The summed E-state index contributed by atoms with van der Waals surface area (Å²) in [6.07, 6.45) is 0.551. The zero-order chi connectivity index (χ0) is 11.9. The Morgan fingerprint density at radius 3 is 2.40 bits per heavy atom. The molecule has 0 radical (unpaired) electrons. The van der Waals surface area contributed by atoms with Crippen molar-refractivity contribution in [3.63, 3.8) is 0 Å². The van der Waals surface area contributed by atoms with Crippen molar-refractivity contribution in [2.45, 2.75) is 53.2 Å². The first-order valence-corrected chi connectivity index (χ1v) is 5.84. The van der Waals surface area contributed by atoms with E-state index in [4.69, 9.17) is 4.74 Å². The number of rotatable bonds is 7. The maximum Gasteiger partial charge on any atom is 0.0669 e. The van der Waals surface area contributed by atoms with Crippen molar-refractivity contribution in [1.82, 2.24) is 5.32 Å². The van der Waals surface area contributed by atoms with Gasteiger partial charge in [-0.25, -0.2) is 0 Å². The zero-order valence-electron chi connectivity index (χ0n) is 10.8. The van der Waals surface area contributed by atoms with Gasteiger partial charge in [-0.3, -0.25) is 0 Å². The molecule has 15 heavy (non-hydrogen) atoms. The zero-order valence-corrected chi connectivity index (χ0v) is 10.8. The molecule has 2 unspecified atom stereocenters.